The van der Waals surface area contributed by atoms with Gasteiger partial charge in [-0.3, -0.25) is 9.36 Å². The molecular formula is C20H19N5O2S2. The van der Waals surface area contributed by atoms with Gasteiger partial charge in [-0.2, -0.15) is 0 Å². The fourth-order valence-electron chi connectivity index (χ4n) is 2.88. The number of anilines is 1. The maximum absolute atomic E-state index is 12.4. The van der Waals surface area contributed by atoms with Crippen molar-refractivity contribution in [2.75, 3.05) is 11.1 Å². The Morgan fingerprint density at radius 3 is 2.97 bits per heavy atom. The Balaban J connectivity index is 1.46. The molecule has 0 aliphatic rings. The van der Waals surface area contributed by atoms with E-state index in [-0.39, 0.29) is 11.7 Å². The highest BCUT2D eigenvalue weighted by molar-refractivity contribution is 7.99. The van der Waals surface area contributed by atoms with E-state index in [1.54, 1.807) is 12.3 Å². The van der Waals surface area contributed by atoms with Crippen LogP contribution in [0, 0.1) is 13.8 Å². The fraction of sp³-hybridized carbons (Fsp3) is 0.200. The molecule has 0 aliphatic heterocycles. The molecule has 1 amide bonds. The zero-order valence-corrected chi connectivity index (χ0v) is 17.6. The molecular weight excluding hydrogens is 406 g/mol. The first-order valence-electron chi connectivity index (χ1n) is 8.93. The van der Waals surface area contributed by atoms with Gasteiger partial charge in [-0.15, -0.1) is 16.8 Å². The second-order valence-corrected chi connectivity index (χ2v) is 8.40. The zero-order valence-electron chi connectivity index (χ0n) is 16.0. The number of aryl methyl sites for hydroxylation is 2. The number of thiazole rings is 1. The lowest BCUT2D eigenvalue weighted by Crippen LogP contribution is -2.14. The van der Waals surface area contributed by atoms with E-state index >= 15 is 0 Å². The van der Waals surface area contributed by atoms with Crippen molar-refractivity contribution in [1.82, 2.24) is 19.7 Å². The topological polar surface area (TPSA) is 85.8 Å². The summed E-state index contributed by atoms with van der Waals surface area (Å²) in [7, 11) is 0. The van der Waals surface area contributed by atoms with Gasteiger partial charge in [0, 0.05) is 6.54 Å². The normalized spacial score (nSPS) is 11.1. The molecule has 3 heterocycles. The number of amides is 1. The van der Waals surface area contributed by atoms with Gasteiger partial charge in [0.15, 0.2) is 16.1 Å². The third kappa shape index (κ3) is 4.10. The van der Waals surface area contributed by atoms with Crippen LogP contribution in [0.15, 0.2) is 52.8 Å². The standard InChI is InChI=1S/C20H19N5O2S2/c1-4-8-25-18(14-7-9-27-13(14)3)23-24-20(25)28-11-17(26)22-19-21-15-6-5-12(2)10-16(15)29-19/h4-7,9-10H,1,8,11H2,2-3H3,(H,21,22,26). The molecule has 0 fully saturated rings. The van der Waals surface area contributed by atoms with Crippen LogP contribution in [0.5, 0.6) is 0 Å². The summed E-state index contributed by atoms with van der Waals surface area (Å²) in [5, 5.41) is 12.6. The Hall–Kier alpha value is -2.91. The number of hydrogen-bond acceptors (Lipinski definition) is 7. The molecule has 1 aromatic carbocycles. The van der Waals surface area contributed by atoms with Crippen molar-refractivity contribution in [3.05, 3.63) is 54.5 Å². The highest BCUT2D eigenvalue weighted by Gasteiger charge is 2.18. The first-order valence-corrected chi connectivity index (χ1v) is 10.7. The Morgan fingerprint density at radius 2 is 2.21 bits per heavy atom. The number of allylic oxidation sites excluding steroid dienone is 1. The molecule has 4 aromatic rings. The van der Waals surface area contributed by atoms with Crippen molar-refractivity contribution >= 4 is 44.4 Å². The number of benzene rings is 1. The molecule has 3 aromatic heterocycles. The van der Waals surface area contributed by atoms with Crippen LogP contribution in [0.3, 0.4) is 0 Å². The number of aromatic nitrogens is 4. The fourth-order valence-corrected chi connectivity index (χ4v) is 4.60. The number of rotatable bonds is 7. The highest BCUT2D eigenvalue weighted by atomic mass is 32.2. The SMILES string of the molecule is C=CCn1c(SCC(=O)Nc2nc3ccc(C)cc3s2)nnc1-c1ccoc1C. The maximum atomic E-state index is 12.4. The number of nitrogens with one attached hydrogen (secondary N) is 1. The summed E-state index contributed by atoms with van der Waals surface area (Å²) < 4.78 is 8.35. The Morgan fingerprint density at radius 1 is 1.34 bits per heavy atom. The molecule has 9 heteroatoms. The van der Waals surface area contributed by atoms with Crippen molar-refractivity contribution in [2.24, 2.45) is 0 Å². The summed E-state index contributed by atoms with van der Waals surface area (Å²) in [4.78, 5) is 16.9. The first kappa shape index (κ1) is 19.4. The molecule has 0 bridgehead atoms. The van der Waals surface area contributed by atoms with Crippen LogP contribution >= 0.6 is 23.1 Å². The van der Waals surface area contributed by atoms with Gasteiger partial charge in [-0.05, 0) is 37.6 Å². The summed E-state index contributed by atoms with van der Waals surface area (Å²) in [6.07, 6.45) is 3.40. The number of hydrogen-bond donors (Lipinski definition) is 1. The van der Waals surface area contributed by atoms with Gasteiger partial charge >= 0.3 is 0 Å². The number of furan rings is 1. The lowest BCUT2D eigenvalue weighted by Gasteiger charge is -2.07. The van der Waals surface area contributed by atoms with Crippen molar-refractivity contribution in [3.63, 3.8) is 0 Å². The average Bonchev–Trinajstić information content (AvgIpc) is 3.38. The molecule has 0 saturated heterocycles. The van der Waals surface area contributed by atoms with Crippen LogP contribution in [0.4, 0.5) is 5.13 Å². The van der Waals surface area contributed by atoms with E-state index in [1.165, 1.54) is 28.7 Å². The molecule has 0 unspecified atom stereocenters. The number of carbonyl (C=O) groups excluding carboxylic acids is 1. The van der Waals surface area contributed by atoms with Crippen LogP contribution in [0.1, 0.15) is 11.3 Å². The van der Waals surface area contributed by atoms with Gasteiger partial charge in [0.25, 0.3) is 0 Å². The first-order chi connectivity index (χ1) is 14.0. The molecule has 0 saturated carbocycles. The quantitative estimate of drug-likeness (QED) is 0.342. The molecule has 0 radical (unpaired) electrons. The van der Waals surface area contributed by atoms with Gasteiger partial charge in [0.2, 0.25) is 5.91 Å². The van der Waals surface area contributed by atoms with E-state index < -0.39 is 0 Å². The van der Waals surface area contributed by atoms with Gasteiger partial charge in [0.1, 0.15) is 5.76 Å². The smallest absolute Gasteiger partial charge is 0.236 e. The Labute approximate surface area is 175 Å². The molecule has 148 valence electrons. The summed E-state index contributed by atoms with van der Waals surface area (Å²) in [5.41, 5.74) is 2.93. The second-order valence-electron chi connectivity index (χ2n) is 6.42. The lowest BCUT2D eigenvalue weighted by atomic mass is 10.2. The maximum Gasteiger partial charge on any atom is 0.236 e. The minimum absolute atomic E-state index is 0.139. The van der Waals surface area contributed by atoms with Crippen LogP contribution in [0.2, 0.25) is 0 Å². The van der Waals surface area contributed by atoms with E-state index in [2.05, 4.69) is 33.1 Å². The number of thioether (sulfide) groups is 1. The van der Waals surface area contributed by atoms with E-state index in [4.69, 9.17) is 4.42 Å². The van der Waals surface area contributed by atoms with E-state index in [1.807, 2.05) is 36.6 Å². The monoisotopic (exact) mass is 425 g/mol. The van der Waals surface area contributed by atoms with Crippen LogP contribution in [-0.2, 0) is 11.3 Å². The summed E-state index contributed by atoms with van der Waals surface area (Å²) in [5.74, 6) is 1.53. The van der Waals surface area contributed by atoms with Crippen LogP contribution < -0.4 is 5.32 Å². The second kappa shape index (κ2) is 8.22. The third-order valence-corrected chi connectivity index (χ3v) is 6.15. The predicted molar refractivity (Wildman–Crippen MR) is 116 cm³/mol. The average molecular weight is 426 g/mol. The largest absolute Gasteiger partial charge is 0.469 e. The zero-order chi connectivity index (χ0) is 20.4. The van der Waals surface area contributed by atoms with Gasteiger partial charge in [-0.25, -0.2) is 4.98 Å². The van der Waals surface area contributed by atoms with E-state index in [0.29, 0.717) is 22.7 Å². The third-order valence-electron chi connectivity index (χ3n) is 4.25. The summed E-state index contributed by atoms with van der Waals surface area (Å²) >= 11 is 2.79. The highest BCUT2D eigenvalue weighted by Crippen LogP contribution is 2.29. The summed E-state index contributed by atoms with van der Waals surface area (Å²) in [6.45, 7) is 8.25. The van der Waals surface area contributed by atoms with Crippen molar-refractivity contribution in [2.45, 2.75) is 25.5 Å². The van der Waals surface area contributed by atoms with Crippen molar-refractivity contribution in [3.8, 4) is 11.4 Å². The van der Waals surface area contributed by atoms with E-state index in [0.717, 1.165) is 21.5 Å². The minimum Gasteiger partial charge on any atom is -0.469 e. The number of carbonyl (C=O) groups is 1. The van der Waals surface area contributed by atoms with Gasteiger partial charge < -0.3 is 9.73 Å². The molecule has 7 nitrogen and oxygen atoms in total. The molecule has 0 atom stereocenters. The minimum atomic E-state index is -0.139. The predicted octanol–water partition coefficient (Wildman–Crippen LogP) is 4.68. The molecule has 1 N–H and O–H groups in total. The van der Waals surface area contributed by atoms with Crippen molar-refractivity contribution in [1.29, 1.82) is 0 Å². The molecule has 4 rings (SSSR count). The molecule has 29 heavy (non-hydrogen) atoms. The lowest BCUT2D eigenvalue weighted by molar-refractivity contribution is -0.113. The number of fused-ring (bicyclic) bond motifs is 1. The van der Waals surface area contributed by atoms with Gasteiger partial charge in [-0.1, -0.05) is 35.2 Å². The molecule has 0 aliphatic carbocycles. The van der Waals surface area contributed by atoms with Crippen LogP contribution in [0.25, 0.3) is 21.6 Å². The van der Waals surface area contributed by atoms with E-state index in [9.17, 15) is 4.79 Å². The summed E-state index contributed by atoms with van der Waals surface area (Å²) in [6, 6.07) is 7.89. The van der Waals surface area contributed by atoms with Gasteiger partial charge in [0.05, 0.1) is 27.8 Å². The Kier molecular flexibility index (Phi) is 5.50. The number of nitrogens with zero attached hydrogens (tertiary/aromatic N) is 4. The molecule has 0 spiro atoms. The van der Waals surface area contributed by atoms with Crippen molar-refractivity contribution < 1.29 is 9.21 Å². The van der Waals surface area contributed by atoms with Crippen LogP contribution in [-0.4, -0.2) is 31.4 Å². The Bertz CT molecular complexity index is 1190.